The van der Waals surface area contributed by atoms with E-state index in [9.17, 15) is 0 Å². The molecule has 6 nitrogen and oxygen atoms in total. The van der Waals surface area contributed by atoms with Crippen LogP contribution in [0.5, 0.6) is 11.5 Å². The average Bonchev–Trinajstić information content (AvgIpc) is 2.31. The lowest BCUT2D eigenvalue weighted by atomic mass is 10.1. The van der Waals surface area contributed by atoms with E-state index < -0.39 is 0 Å². The smallest absolute Gasteiger partial charge is 0.128 e. The maximum absolute atomic E-state index is 8.48. The first-order valence-corrected chi connectivity index (χ1v) is 4.37. The first kappa shape index (κ1) is 11.8. The van der Waals surface area contributed by atoms with E-state index in [0.717, 1.165) is 0 Å². The number of methoxy groups -OCH3 is 2. The van der Waals surface area contributed by atoms with Crippen LogP contribution in [0.25, 0.3) is 0 Å². The number of ether oxygens (including phenoxy) is 2. The molecule has 1 aromatic carbocycles. The summed E-state index contributed by atoms with van der Waals surface area (Å²) >= 11 is 0. The van der Waals surface area contributed by atoms with Gasteiger partial charge in [-0.15, -0.1) is 0 Å². The molecule has 0 atom stereocenters. The van der Waals surface area contributed by atoms with Crippen LogP contribution in [0, 0.1) is 0 Å². The average molecular weight is 224 g/mol. The Morgan fingerprint density at radius 1 is 0.938 bits per heavy atom. The zero-order valence-corrected chi connectivity index (χ0v) is 8.91. The first-order valence-electron chi connectivity index (χ1n) is 4.37. The lowest BCUT2D eigenvalue weighted by molar-refractivity contribution is 0.321. The molecule has 0 fully saturated rings. The van der Waals surface area contributed by atoms with E-state index in [1.54, 1.807) is 12.1 Å². The van der Waals surface area contributed by atoms with Crippen LogP contribution >= 0.6 is 0 Å². The Labute approximate surface area is 92.4 Å². The van der Waals surface area contributed by atoms with Crippen LogP contribution in [0.2, 0.25) is 0 Å². The van der Waals surface area contributed by atoms with Crippen molar-refractivity contribution in [1.29, 1.82) is 0 Å². The van der Waals surface area contributed by atoms with Gasteiger partial charge < -0.3 is 19.9 Å². The van der Waals surface area contributed by atoms with E-state index in [-0.39, 0.29) is 0 Å². The maximum atomic E-state index is 8.48. The minimum absolute atomic E-state index is 0.480. The molecule has 2 N–H and O–H groups in total. The van der Waals surface area contributed by atoms with Gasteiger partial charge in [0.05, 0.1) is 26.6 Å². The highest BCUT2D eigenvalue weighted by Crippen LogP contribution is 2.26. The monoisotopic (exact) mass is 224 g/mol. The van der Waals surface area contributed by atoms with Gasteiger partial charge in [-0.05, 0) is 12.1 Å². The maximum Gasteiger partial charge on any atom is 0.128 e. The number of hydrogen-bond acceptors (Lipinski definition) is 6. The lowest BCUT2D eigenvalue weighted by Gasteiger charge is -2.09. The Morgan fingerprint density at radius 3 is 1.56 bits per heavy atom. The van der Waals surface area contributed by atoms with E-state index in [2.05, 4.69) is 10.3 Å². The van der Waals surface area contributed by atoms with Gasteiger partial charge in [-0.1, -0.05) is 10.3 Å². The van der Waals surface area contributed by atoms with Gasteiger partial charge in [0.2, 0.25) is 0 Å². The Hall–Kier alpha value is -2.24. The molecule has 16 heavy (non-hydrogen) atoms. The summed E-state index contributed by atoms with van der Waals surface area (Å²) in [6.07, 6.45) is 2.45. The molecule has 0 aliphatic rings. The van der Waals surface area contributed by atoms with Crippen molar-refractivity contribution >= 4 is 12.4 Å². The van der Waals surface area contributed by atoms with Crippen molar-refractivity contribution in [2.24, 2.45) is 10.3 Å². The fraction of sp³-hybridized carbons (Fsp3) is 0.200. The fourth-order valence-electron chi connectivity index (χ4n) is 1.27. The standard InChI is InChI=1S/C10H12N2O4/c1-15-9-3-8(6-12-14)10(16-2)4-7(9)5-11-13/h3-6,13-14H,1-2H3. The third-order valence-corrected chi connectivity index (χ3v) is 1.98. The summed E-state index contributed by atoms with van der Waals surface area (Å²) in [5.74, 6) is 0.960. The summed E-state index contributed by atoms with van der Waals surface area (Å²) in [4.78, 5) is 0. The van der Waals surface area contributed by atoms with Crippen LogP contribution in [0.4, 0.5) is 0 Å². The Morgan fingerprint density at radius 2 is 1.31 bits per heavy atom. The highest BCUT2D eigenvalue weighted by atomic mass is 16.5. The predicted molar refractivity (Wildman–Crippen MR) is 58.3 cm³/mol. The quantitative estimate of drug-likeness (QED) is 0.459. The molecule has 0 saturated carbocycles. The van der Waals surface area contributed by atoms with E-state index in [1.165, 1.54) is 26.6 Å². The number of nitrogens with zero attached hydrogens (tertiary/aromatic N) is 2. The molecule has 0 saturated heterocycles. The van der Waals surface area contributed by atoms with Crippen LogP contribution in [0.15, 0.2) is 22.4 Å². The molecule has 0 spiro atoms. The number of benzene rings is 1. The van der Waals surface area contributed by atoms with Gasteiger partial charge in [0.25, 0.3) is 0 Å². The lowest BCUT2D eigenvalue weighted by Crippen LogP contribution is -1.97. The molecule has 0 aliphatic carbocycles. The van der Waals surface area contributed by atoms with Gasteiger partial charge in [-0.2, -0.15) is 0 Å². The van der Waals surface area contributed by atoms with Crippen LogP contribution in [0.3, 0.4) is 0 Å². The van der Waals surface area contributed by atoms with Crippen molar-refractivity contribution in [3.8, 4) is 11.5 Å². The van der Waals surface area contributed by atoms with Crippen LogP contribution < -0.4 is 9.47 Å². The Bertz CT molecular complexity index is 376. The molecule has 0 amide bonds. The number of hydrogen-bond donors (Lipinski definition) is 2. The second-order valence-corrected chi connectivity index (χ2v) is 2.83. The zero-order chi connectivity index (χ0) is 12.0. The number of rotatable bonds is 4. The molecule has 0 heterocycles. The molecular weight excluding hydrogens is 212 g/mol. The van der Waals surface area contributed by atoms with Crippen molar-refractivity contribution in [3.05, 3.63) is 23.3 Å². The molecule has 0 unspecified atom stereocenters. The summed E-state index contributed by atoms with van der Waals surface area (Å²) in [5, 5.41) is 22.8. The summed E-state index contributed by atoms with van der Waals surface area (Å²) in [6, 6.07) is 3.21. The molecule has 6 heteroatoms. The van der Waals surface area contributed by atoms with E-state index in [0.29, 0.717) is 22.6 Å². The van der Waals surface area contributed by atoms with Gasteiger partial charge in [0.1, 0.15) is 11.5 Å². The highest BCUT2D eigenvalue weighted by molar-refractivity contribution is 5.90. The summed E-state index contributed by atoms with van der Waals surface area (Å²) < 4.78 is 10.2. The third kappa shape index (κ3) is 2.41. The molecule has 0 bridgehead atoms. The van der Waals surface area contributed by atoms with Crippen LogP contribution in [0.1, 0.15) is 11.1 Å². The topological polar surface area (TPSA) is 83.6 Å². The molecule has 0 aliphatic heterocycles. The van der Waals surface area contributed by atoms with Crippen molar-refractivity contribution in [2.75, 3.05) is 14.2 Å². The molecule has 1 aromatic rings. The van der Waals surface area contributed by atoms with Crippen molar-refractivity contribution < 1.29 is 19.9 Å². The van der Waals surface area contributed by atoms with Gasteiger partial charge >= 0.3 is 0 Å². The van der Waals surface area contributed by atoms with E-state index in [4.69, 9.17) is 19.9 Å². The second-order valence-electron chi connectivity index (χ2n) is 2.83. The van der Waals surface area contributed by atoms with Crippen molar-refractivity contribution in [1.82, 2.24) is 0 Å². The van der Waals surface area contributed by atoms with E-state index in [1.807, 2.05) is 0 Å². The molecule has 0 aromatic heterocycles. The summed E-state index contributed by atoms with van der Waals surface area (Å²) in [5.41, 5.74) is 1.11. The number of oxime groups is 2. The Balaban J connectivity index is 3.33. The normalized spacial score (nSPS) is 11.1. The zero-order valence-electron chi connectivity index (χ0n) is 8.91. The van der Waals surface area contributed by atoms with Crippen molar-refractivity contribution in [2.45, 2.75) is 0 Å². The third-order valence-electron chi connectivity index (χ3n) is 1.98. The molecule has 1 rings (SSSR count). The molecule has 0 radical (unpaired) electrons. The van der Waals surface area contributed by atoms with Crippen LogP contribution in [-0.2, 0) is 0 Å². The minimum atomic E-state index is 0.480. The van der Waals surface area contributed by atoms with Gasteiger partial charge in [0, 0.05) is 11.1 Å². The van der Waals surface area contributed by atoms with Gasteiger partial charge in [-0.3, -0.25) is 0 Å². The van der Waals surface area contributed by atoms with Crippen molar-refractivity contribution in [3.63, 3.8) is 0 Å². The van der Waals surface area contributed by atoms with Gasteiger partial charge in [-0.25, -0.2) is 0 Å². The van der Waals surface area contributed by atoms with Gasteiger partial charge in [0.15, 0.2) is 0 Å². The minimum Gasteiger partial charge on any atom is -0.496 e. The summed E-state index contributed by atoms with van der Waals surface area (Å²) in [6.45, 7) is 0. The molecular formula is C10H12N2O4. The van der Waals surface area contributed by atoms with Crippen LogP contribution in [-0.4, -0.2) is 37.1 Å². The molecule has 86 valence electrons. The van der Waals surface area contributed by atoms with E-state index >= 15 is 0 Å². The second kappa shape index (κ2) is 5.59. The fourth-order valence-corrected chi connectivity index (χ4v) is 1.27. The Kier molecular flexibility index (Phi) is 4.14. The highest BCUT2D eigenvalue weighted by Gasteiger charge is 2.08. The summed E-state index contributed by atoms with van der Waals surface area (Å²) in [7, 11) is 2.97. The SMILES string of the molecule is COc1cc(C=NO)c(OC)cc1C=NO. The first-order chi connectivity index (χ1) is 7.76. The predicted octanol–water partition coefficient (Wildman–Crippen LogP) is 1.32. The largest absolute Gasteiger partial charge is 0.496 e.